The van der Waals surface area contributed by atoms with E-state index < -0.39 is 0 Å². The summed E-state index contributed by atoms with van der Waals surface area (Å²) in [5.41, 5.74) is 1.55. The van der Waals surface area contributed by atoms with Crippen LogP contribution in [0.1, 0.15) is 42.8 Å². The third-order valence-corrected chi connectivity index (χ3v) is 5.48. The fourth-order valence-corrected chi connectivity index (χ4v) is 4.04. The lowest BCUT2D eigenvalue weighted by Crippen LogP contribution is -2.45. The molecule has 0 saturated carbocycles. The van der Waals surface area contributed by atoms with Gasteiger partial charge in [0.1, 0.15) is 0 Å². The number of amides is 2. The number of likely N-dealkylation sites (tertiary alicyclic amines) is 1. The van der Waals surface area contributed by atoms with E-state index in [1.54, 1.807) is 24.3 Å². The van der Waals surface area contributed by atoms with Gasteiger partial charge in [-0.2, -0.15) is 0 Å². The second-order valence-electron chi connectivity index (χ2n) is 7.91. The van der Waals surface area contributed by atoms with Crippen molar-refractivity contribution in [2.75, 3.05) is 25.0 Å². The van der Waals surface area contributed by atoms with E-state index in [0.717, 1.165) is 31.1 Å². The number of piperidine rings is 1. The van der Waals surface area contributed by atoms with Crippen molar-refractivity contribution in [3.8, 4) is 0 Å². The Morgan fingerprint density at radius 3 is 2.66 bits per heavy atom. The molecule has 29 heavy (non-hydrogen) atoms. The average Bonchev–Trinajstić information content (AvgIpc) is 3.09. The van der Waals surface area contributed by atoms with Crippen molar-refractivity contribution in [1.82, 2.24) is 10.2 Å². The standard InChI is InChI=1S/C22H28BrN3O3/c1-15-4-3-11-26(13-15)14-16(2)24-21(27)12-17-5-7-18(8-6-17)25-22(28)19-9-10-20(23)29-19/h5-10,15-16H,3-4,11-14H2,1-2H3,(H,24,27)(H,25,28). The van der Waals surface area contributed by atoms with Gasteiger partial charge in [-0.05, 0) is 78.0 Å². The molecule has 3 rings (SSSR count). The zero-order valence-corrected chi connectivity index (χ0v) is 18.5. The molecule has 0 spiro atoms. The van der Waals surface area contributed by atoms with Crippen LogP contribution >= 0.6 is 15.9 Å². The highest BCUT2D eigenvalue weighted by Gasteiger charge is 2.19. The Bertz CT molecular complexity index is 834. The van der Waals surface area contributed by atoms with Crippen molar-refractivity contribution >= 4 is 33.4 Å². The zero-order chi connectivity index (χ0) is 20.8. The second-order valence-corrected chi connectivity index (χ2v) is 8.69. The van der Waals surface area contributed by atoms with Crippen LogP contribution in [0.25, 0.3) is 0 Å². The van der Waals surface area contributed by atoms with E-state index in [0.29, 0.717) is 16.8 Å². The second kappa shape index (κ2) is 10.1. The van der Waals surface area contributed by atoms with Crippen LogP contribution < -0.4 is 10.6 Å². The van der Waals surface area contributed by atoms with Crippen LogP contribution in [0.4, 0.5) is 5.69 Å². The predicted molar refractivity (Wildman–Crippen MR) is 117 cm³/mol. The average molecular weight is 462 g/mol. The molecule has 2 heterocycles. The molecule has 1 aliphatic heterocycles. The lowest BCUT2D eigenvalue weighted by molar-refractivity contribution is -0.121. The summed E-state index contributed by atoms with van der Waals surface area (Å²) in [7, 11) is 0. The lowest BCUT2D eigenvalue weighted by Gasteiger charge is -2.32. The highest BCUT2D eigenvalue weighted by Crippen LogP contribution is 2.17. The van der Waals surface area contributed by atoms with E-state index in [-0.39, 0.29) is 23.6 Å². The Hall–Kier alpha value is -2.12. The molecule has 0 radical (unpaired) electrons. The van der Waals surface area contributed by atoms with Crippen molar-refractivity contribution in [2.24, 2.45) is 5.92 Å². The number of anilines is 1. The SMILES string of the molecule is CC1CCCN(CC(C)NC(=O)Cc2ccc(NC(=O)c3ccc(Br)o3)cc2)C1. The highest BCUT2D eigenvalue weighted by molar-refractivity contribution is 9.10. The molecule has 1 aromatic carbocycles. The van der Waals surface area contributed by atoms with E-state index in [9.17, 15) is 9.59 Å². The highest BCUT2D eigenvalue weighted by atomic mass is 79.9. The van der Waals surface area contributed by atoms with Crippen molar-refractivity contribution in [3.63, 3.8) is 0 Å². The summed E-state index contributed by atoms with van der Waals surface area (Å²) in [6.45, 7) is 7.47. The molecular formula is C22H28BrN3O3. The summed E-state index contributed by atoms with van der Waals surface area (Å²) in [5, 5.41) is 5.87. The number of furan rings is 1. The van der Waals surface area contributed by atoms with E-state index >= 15 is 0 Å². The number of rotatable bonds is 7. The van der Waals surface area contributed by atoms with Gasteiger partial charge in [0, 0.05) is 24.8 Å². The van der Waals surface area contributed by atoms with Crippen LogP contribution in [-0.4, -0.2) is 42.4 Å². The summed E-state index contributed by atoms with van der Waals surface area (Å²) >= 11 is 3.18. The summed E-state index contributed by atoms with van der Waals surface area (Å²) in [5.74, 6) is 0.666. The molecule has 1 saturated heterocycles. The molecule has 0 aliphatic carbocycles. The fraction of sp³-hybridized carbons (Fsp3) is 0.455. The maximum absolute atomic E-state index is 12.4. The first kappa shape index (κ1) is 21.6. The summed E-state index contributed by atoms with van der Waals surface area (Å²) in [4.78, 5) is 26.9. The topological polar surface area (TPSA) is 74.6 Å². The van der Waals surface area contributed by atoms with Gasteiger partial charge >= 0.3 is 0 Å². The number of hydrogen-bond donors (Lipinski definition) is 2. The van der Waals surface area contributed by atoms with Crippen LogP contribution in [0.3, 0.4) is 0 Å². The van der Waals surface area contributed by atoms with Gasteiger partial charge in [-0.25, -0.2) is 0 Å². The summed E-state index contributed by atoms with van der Waals surface area (Å²) in [6, 6.07) is 10.7. The number of benzene rings is 1. The predicted octanol–water partition coefficient (Wildman–Crippen LogP) is 4.07. The Balaban J connectivity index is 1.45. The molecule has 1 aliphatic rings. The lowest BCUT2D eigenvalue weighted by atomic mass is 10.00. The van der Waals surface area contributed by atoms with E-state index in [4.69, 9.17) is 4.42 Å². The van der Waals surface area contributed by atoms with E-state index in [2.05, 4.69) is 45.3 Å². The minimum atomic E-state index is -0.318. The molecule has 2 aromatic rings. The molecule has 2 unspecified atom stereocenters. The quantitative estimate of drug-likeness (QED) is 0.651. The molecule has 2 N–H and O–H groups in total. The smallest absolute Gasteiger partial charge is 0.291 e. The van der Waals surface area contributed by atoms with Gasteiger partial charge < -0.3 is 20.0 Å². The Morgan fingerprint density at radius 1 is 1.24 bits per heavy atom. The Morgan fingerprint density at radius 2 is 2.00 bits per heavy atom. The van der Waals surface area contributed by atoms with Gasteiger partial charge in [0.25, 0.3) is 5.91 Å². The first-order valence-corrected chi connectivity index (χ1v) is 10.9. The van der Waals surface area contributed by atoms with E-state index in [1.165, 1.54) is 12.8 Å². The molecule has 2 amide bonds. The van der Waals surface area contributed by atoms with Crippen molar-refractivity contribution < 1.29 is 14.0 Å². The van der Waals surface area contributed by atoms with Crippen LogP contribution in [-0.2, 0) is 11.2 Å². The van der Waals surface area contributed by atoms with Gasteiger partial charge in [-0.15, -0.1) is 0 Å². The molecule has 1 aromatic heterocycles. The third kappa shape index (κ3) is 6.72. The van der Waals surface area contributed by atoms with Gasteiger partial charge in [0.2, 0.25) is 5.91 Å². The maximum atomic E-state index is 12.4. The number of carbonyl (C=O) groups excluding carboxylic acids is 2. The van der Waals surface area contributed by atoms with Crippen LogP contribution in [0, 0.1) is 5.92 Å². The molecule has 2 atom stereocenters. The molecular weight excluding hydrogens is 434 g/mol. The van der Waals surface area contributed by atoms with Crippen molar-refractivity contribution in [1.29, 1.82) is 0 Å². The largest absolute Gasteiger partial charge is 0.444 e. The van der Waals surface area contributed by atoms with Gasteiger partial charge in [-0.3, -0.25) is 9.59 Å². The van der Waals surface area contributed by atoms with Crippen LogP contribution in [0.2, 0.25) is 0 Å². The monoisotopic (exact) mass is 461 g/mol. The Kier molecular flexibility index (Phi) is 7.50. The molecule has 156 valence electrons. The van der Waals surface area contributed by atoms with E-state index in [1.807, 2.05) is 12.1 Å². The Labute approximate surface area is 180 Å². The molecule has 1 fully saturated rings. The number of nitrogens with zero attached hydrogens (tertiary/aromatic N) is 1. The van der Waals surface area contributed by atoms with Crippen molar-refractivity contribution in [2.45, 2.75) is 39.2 Å². The number of halogens is 1. The summed E-state index contributed by atoms with van der Waals surface area (Å²) < 4.78 is 5.75. The van der Waals surface area contributed by atoms with Gasteiger partial charge in [0.15, 0.2) is 10.4 Å². The zero-order valence-electron chi connectivity index (χ0n) is 16.9. The molecule has 0 bridgehead atoms. The normalized spacial score (nSPS) is 18.2. The first-order chi connectivity index (χ1) is 13.9. The van der Waals surface area contributed by atoms with Crippen LogP contribution in [0.5, 0.6) is 0 Å². The fourth-order valence-electron chi connectivity index (χ4n) is 3.73. The molecule has 6 nitrogen and oxygen atoms in total. The third-order valence-electron chi connectivity index (χ3n) is 5.05. The van der Waals surface area contributed by atoms with Gasteiger partial charge in [0.05, 0.1) is 6.42 Å². The summed E-state index contributed by atoms with van der Waals surface area (Å²) in [6.07, 6.45) is 2.86. The minimum Gasteiger partial charge on any atom is -0.444 e. The number of hydrogen-bond acceptors (Lipinski definition) is 4. The minimum absolute atomic E-state index is 0.0137. The van der Waals surface area contributed by atoms with Crippen LogP contribution in [0.15, 0.2) is 45.5 Å². The van der Waals surface area contributed by atoms with Crippen molar-refractivity contribution in [3.05, 3.63) is 52.4 Å². The number of carbonyl (C=O) groups is 2. The molecule has 7 heteroatoms. The number of nitrogens with one attached hydrogen (secondary N) is 2. The maximum Gasteiger partial charge on any atom is 0.291 e. The van der Waals surface area contributed by atoms with Gasteiger partial charge in [-0.1, -0.05) is 19.1 Å². The first-order valence-electron chi connectivity index (χ1n) is 10.1.